The van der Waals surface area contributed by atoms with Crippen LogP contribution in [0.25, 0.3) is 0 Å². The van der Waals surface area contributed by atoms with E-state index < -0.39 is 0 Å². The predicted octanol–water partition coefficient (Wildman–Crippen LogP) is 3.24. The van der Waals surface area contributed by atoms with Crippen LogP contribution in [0.1, 0.15) is 49.7 Å². The molecule has 0 bridgehead atoms. The van der Waals surface area contributed by atoms with Gasteiger partial charge in [-0.25, -0.2) is 4.79 Å². The summed E-state index contributed by atoms with van der Waals surface area (Å²) in [6, 6.07) is 5.41. The molecule has 0 unspecified atom stereocenters. The summed E-state index contributed by atoms with van der Waals surface area (Å²) < 4.78 is 6.95. The smallest absolute Gasteiger partial charge is 0.319 e. The summed E-state index contributed by atoms with van der Waals surface area (Å²) in [5.74, 6) is 1.10. The number of nitrogens with zero attached hydrogens (tertiary/aromatic N) is 3. The maximum absolute atomic E-state index is 12.3. The third-order valence-electron chi connectivity index (χ3n) is 4.08. The Hall–Kier alpha value is -2.41. The first-order valence-electron chi connectivity index (χ1n) is 8.47. The molecule has 0 aliphatic carbocycles. The highest BCUT2D eigenvalue weighted by atomic mass is 16.5. The topological polar surface area (TPSA) is 81.1 Å². The van der Waals surface area contributed by atoms with Crippen LogP contribution in [-0.2, 0) is 11.3 Å². The number of nitrogens with one attached hydrogen (secondary N) is 2. The number of amides is 2. The van der Waals surface area contributed by atoms with Crippen LogP contribution >= 0.6 is 0 Å². The number of aryl methyl sites for hydroxylation is 1. The number of hydrogen-bond donors (Lipinski definition) is 2. The molecule has 1 atom stereocenters. The number of benzene rings is 1. The molecule has 1 aromatic heterocycles. The molecule has 0 spiro atoms. The minimum Gasteiger partial charge on any atom is -0.383 e. The van der Waals surface area contributed by atoms with Crippen LogP contribution in [0.2, 0.25) is 0 Å². The minimum atomic E-state index is -0.271. The lowest BCUT2D eigenvalue weighted by Crippen LogP contribution is -2.32. The van der Waals surface area contributed by atoms with Gasteiger partial charge in [0.25, 0.3) is 0 Å². The molecule has 2 rings (SSSR count). The van der Waals surface area contributed by atoms with Gasteiger partial charge in [0, 0.05) is 19.3 Å². The number of aromatic nitrogens is 3. The van der Waals surface area contributed by atoms with Gasteiger partial charge in [-0.05, 0) is 43.0 Å². The zero-order valence-corrected chi connectivity index (χ0v) is 15.5. The van der Waals surface area contributed by atoms with Gasteiger partial charge in [-0.3, -0.25) is 0 Å². The van der Waals surface area contributed by atoms with Gasteiger partial charge in [0.05, 0.1) is 12.6 Å². The Balaban J connectivity index is 2.00. The van der Waals surface area contributed by atoms with Crippen LogP contribution in [0.5, 0.6) is 0 Å². The van der Waals surface area contributed by atoms with E-state index in [9.17, 15) is 4.79 Å². The van der Waals surface area contributed by atoms with E-state index in [2.05, 4.69) is 41.6 Å². The van der Waals surface area contributed by atoms with Gasteiger partial charge >= 0.3 is 6.03 Å². The van der Waals surface area contributed by atoms with E-state index in [4.69, 9.17) is 4.74 Å². The lowest BCUT2D eigenvalue weighted by Gasteiger charge is -2.16. The Morgan fingerprint density at radius 3 is 2.76 bits per heavy atom. The van der Waals surface area contributed by atoms with Crippen LogP contribution in [0.15, 0.2) is 24.5 Å². The highest BCUT2D eigenvalue weighted by Gasteiger charge is 2.16. The number of ether oxygens (including phenoxy) is 1. The van der Waals surface area contributed by atoms with E-state index in [0.717, 1.165) is 5.69 Å². The summed E-state index contributed by atoms with van der Waals surface area (Å²) >= 11 is 0. The van der Waals surface area contributed by atoms with Crippen LogP contribution in [-0.4, -0.2) is 34.5 Å². The first-order chi connectivity index (χ1) is 11.9. The fourth-order valence-corrected chi connectivity index (χ4v) is 2.73. The van der Waals surface area contributed by atoms with Crippen molar-refractivity contribution >= 4 is 11.7 Å². The van der Waals surface area contributed by atoms with E-state index in [1.807, 2.05) is 29.7 Å². The van der Waals surface area contributed by atoms with E-state index >= 15 is 0 Å². The number of carbonyl (C=O) groups is 1. The van der Waals surface area contributed by atoms with Crippen molar-refractivity contribution in [3.05, 3.63) is 41.5 Å². The highest BCUT2D eigenvalue weighted by Crippen LogP contribution is 2.23. The van der Waals surface area contributed by atoms with Gasteiger partial charge in [-0.2, -0.15) is 0 Å². The second-order valence-corrected chi connectivity index (χ2v) is 6.42. The second-order valence-electron chi connectivity index (χ2n) is 6.42. The number of rotatable bonds is 7. The molecule has 0 aliphatic heterocycles. The summed E-state index contributed by atoms with van der Waals surface area (Å²) in [6.07, 6.45) is 1.64. The van der Waals surface area contributed by atoms with E-state index in [1.54, 1.807) is 13.4 Å². The summed E-state index contributed by atoms with van der Waals surface area (Å²) in [5, 5.41) is 13.8. The Bertz CT molecular complexity index is 711. The Morgan fingerprint density at radius 2 is 2.08 bits per heavy atom. The molecule has 136 valence electrons. The molecule has 7 nitrogen and oxygen atoms in total. The van der Waals surface area contributed by atoms with Gasteiger partial charge in [-0.1, -0.05) is 19.9 Å². The fourth-order valence-electron chi connectivity index (χ4n) is 2.73. The van der Waals surface area contributed by atoms with Crippen molar-refractivity contribution < 1.29 is 9.53 Å². The number of urea groups is 1. The molecule has 1 aromatic carbocycles. The third kappa shape index (κ3) is 5.03. The normalized spacial score (nSPS) is 12.2. The van der Waals surface area contributed by atoms with E-state index in [0.29, 0.717) is 24.9 Å². The van der Waals surface area contributed by atoms with Crippen LogP contribution in [0, 0.1) is 6.92 Å². The van der Waals surface area contributed by atoms with Crippen molar-refractivity contribution in [2.45, 2.75) is 46.2 Å². The first-order valence-corrected chi connectivity index (χ1v) is 8.47. The quantitative estimate of drug-likeness (QED) is 0.807. The van der Waals surface area contributed by atoms with Gasteiger partial charge in [0.1, 0.15) is 6.33 Å². The van der Waals surface area contributed by atoms with Gasteiger partial charge in [0.15, 0.2) is 5.82 Å². The minimum absolute atomic E-state index is 0.269. The lowest BCUT2D eigenvalue weighted by atomic mass is 9.97. The summed E-state index contributed by atoms with van der Waals surface area (Å²) in [5.41, 5.74) is 3.23. The second kappa shape index (κ2) is 8.62. The molecule has 0 fully saturated rings. The summed E-state index contributed by atoms with van der Waals surface area (Å²) in [7, 11) is 1.64. The lowest BCUT2D eigenvalue weighted by molar-refractivity contribution is 0.185. The summed E-state index contributed by atoms with van der Waals surface area (Å²) in [6.45, 7) is 9.44. The number of methoxy groups -OCH3 is 1. The monoisotopic (exact) mass is 345 g/mol. The Kier molecular flexibility index (Phi) is 6.52. The maximum Gasteiger partial charge on any atom is 0.319 e. The average Bonchev–Trinajstić information content (AvgIpc) is 3.03. The molecule has 0 aliphatic rings. The number of hydrogen-bond acceptors (Lipinski definition) is 4. The molecule has 7 heteroatoms. The third-order valence-corrected chi connectivity index (χ3v) is 4.08. The van der Waals surface area contributed by atoms with Crippen molar-refractivity contribution in [3.8, 4) is 0 Å². The zero-order chi connectivity index (χ0) is 18.4. The van der Waals surface area contributed by atoms with Crippen LogP contribution in [0.3, 0.4) is 0 Å². The number of anilines is 1. The Labute approximate surface area is 148 Å². The SMILES string of the molecule is COCCn1cnnc1[C@H](C)NC(=O)Nc1ccc(C)c(C(C)C)c1. The molecular weight excluding hydrogens is 318 g/mol. The van der Waals surface area contributed by atoms with Gasteiger partial charge < -0.3 is 19.9 Å². The van der Waals surface area contributed by atoms with Crippen molar-refractivity contribution in [2.75, 3.05) is 19.0 Å². The molecule has 1 heterocycles. The van der Waals surface area contributed by atoms with Crippen molar-refractivity contribution in [1.82, 2.24) is 20.1 Å². The highest BCUT2D eigenvalue weighted by molar-refractivity contribution is 5.89. The molecular formula is C18H27N5O2. The molecule has 25 heavy (non-hydrogen) atoms. The predicted molar refractivity (Wildman–Crippen MR) is 97.7 cm³/mol. The van der Waals surface area contributed by atoms with Gasteiger partial charge in [-0.15, -0.1) is 10.2 Å². The van der Waals surface area contributed by atoms with Crippen molar-refractivity contribution in [2.24, 2.45) is 0 Å². The van der Waals surface area contributed by atoms with Gasteiger partial charge in [0.2, 0.25) is 0 Å². The Morgan fingerprint density at radius 1 is 1.32 bits per heavy atom. The molecule has 0 saturated carbocycles. The van der Waals surface area contributed by atoms with Crippen molar-refractivity contribution in [3.63, 3.8) is 0 Å². The standard InChI is InChI=1S/C18H27N5O2/c1-12(2)16-10-15(7-6-13(16)3)21-18(24)20-14(4)17-22-19-11-23(17)8-9-25-5/h6-7,10-12,14H,8-9H2,1-5H3,(H2,20,21,24)/t14-/m0/s1. The first kappa shape index (κ1) is 18.9. The molecule has 2 amide bonds. The molecule has 0 radical (unpaired) electrons. The van der Waals surface area contributed by atoms with Crippen LogP contribution in [0.4, 0.5) is 10.5 Å². The molecule has 2 aromatic rings. The summed E-state index contributed by atoms with van der Waals surface area (Å²) in [4.78, 5) is 12.3. The van der Waals surface area contributed by atoms with Crippen molar-refractivity contribution in [1.29, 1.82) is 0 Å². The largest absolute Gasteiger partial charge is 0.383 e. The fraction of sp³-hybridized carbons (Fsp3) is 0.500. The van der Waals surface area contributed by atoms with E-state index in [-0.39, 0.29) is 12.1 Å². The molecule has 0 saturated heterocycles. The zero-order valence-electron chi connectivity index (χ0n) is 15.5. The van der Waals surface area contributed by atoms with Crippen LogP contribution < -0.4 is 10.6 Å². The maximum atomic E-state index is 12.3. The number of carbonyl (C=O) groups excluding carboxylic acids is 1. The molecule has 2 N–H and O–H groups in total. The van der Waals surface area contributed by atoms with E-state index in [1.165, 1.54) is 11.1 Å². The average molecular weight is 345 g/mol.